The topological polar surface area (TPSA) is 30.5 Å². The van der Waals surface area contributed by atoms with Crippen LogP contribution < -0.4 is 10.1 Å². The average Bonchev–Trinajstić information content (AvgIpc) is 2.63. The lowest BCUT2D eigenvalue weighted by Crippen LogP contribution is -2.16. The Morgan fingerprint density at radius 2 is 1.67 bits per heavy atom. The number of unbranched alkanes of at least 4 members (excludes halogenated alkanes) is 1. The van der Waals surface area contributed by atoms with Gasteiger partial charge in [0.25, 0.3) is 0 Å². The lowest BCUT2D eigenvalue weighted by Gasteiger charge is -2.09. The standard InChI is InChI=1S/C21H29NO2/c1-2-3-14-23-15-8-13-22-17-20-11-7-12-21(16-20)24-18-19-9-5-4-6-10-19/h4-7,9-12,16,22H,2-3,8,13-15,17-18H2,1H3. The molecule has 0 saturated heterocycles. The van der Waals surface area contributed by atoms with Crippen LogP contribution in [0.15, 0.2) is 54.6 Å². The number of hydrogen-bond acceptors (Lipinski definition) is 3. The van der Waals surface area contributed by atoms with Gasteiger partial charge in [0.05, 0.1) is 0 Å². The van der Waals surface area contributed by atoms with Gasteiger partial charge in [0.15, 0.2) is 0 Å². The Morgan fingerprint density at radius 1 is 0.875 bits per heavy atom. The Labute approximate surface area is 146 Å². The lowest BCUT2D eigenvalue weighted by molar-refractivity contribution is 0.129. The summed E-state index contributed by atoms with van der Waals surface area (Å²) in [4.78, 5) is 0. The first-order valence-corrected chi connectivity index (χ1v) is 8.92. The second kappa shape index (κ2) is 11.7. The SMILES string of the molecule is CCCCOCCCNCc1cccc(OCc2ccccc2)c1. The van der Waals surface area contributed by atoms with E-state index in [1.807, 2.05) is 30.3 Å². The van der Waals surface area contributed by atoms with Crippen LogP contribution in [0.2, 0.25) is 0 Å². The largest absolute Gasteiger partial charge is 0.489 e. The molecule has 130 valence electrons. The fourth-order valence-corrected chi connectivity index (χ4v) is 2.37. The normalized spacial score (nSPS) is 10.7. The molecule has 0 atom stereocenters. The molecule has 24 heavy (non-hydrogen) atoms. The summed E-state index contributed by atoms with van der Waals surface area (Å²) in [5.41, 5.74) is 2.43. The Kier molecular flexibility index (Phi) is 8.99. The molecule has 2 rings (SSSR count). The molecule has 0 aliphatic heterocycles. The fourth-order valence-electron chi connectivity index (χ4n) is 2.37. The van der Waals surface area contributed by atoms with Gasteiger partial charge in [-0.1, -0.05) is 55.8 Å². The number of benzene rings is 2. The van der Waals surface area contributed by atoms with Crippen LogP contribution in [0.25, 0.3) is 0 Å². The minimum atomic E-state index is 0.604. The summed E-state index contributed by atoms with van der Waals surface area (Å²) < 4.78 is 11.4. The maximum absolute atomic E-state index is 5.87. The van der Waals surface area contributed by atoms with Crippen LogP contribution in [0.3, 0.4) is 0 Å². The zero-order valence-corrected chi connectivity index (χ0v) is 14.7. The van der Waals surface area contributed by atoms with Gasteiger partial charge in [0.2, 0.25) is 0 Å². The summed E-state index contributed by atoms with van der Waals surface area (Å²) in [5, 5.41) is 3.46. The molecule has 0 heterocycles. The highest BCUT2D eigenvalue weighted by Gasteiger charge is 1.98. The second-order valence-electron chi connectivity index (χ2n) is 5.92. The number of hydrogen-bond donors (Lipinski definition) is 1. The van der Waals surface area contributed by atoms with Crippen molar-refractivity contribution in [1.29, 1.82) is 0 Å². The molecule has 0 unspecified atom stereocenters. The van der Waals surface area contributed by atoms with E-state index in [9.17, 15) is 0 Å². The van der Waals surface area contributed by atoms with Gasteiger partial charge in [0, 0.05) is 19.8 Å². The van der Waals surface area contributed by atoms with Crippen LogP contribution in [0, 0.1) is 0 Å². The van der Waals surface area contributed by atoms with Crippen molar-refractivity contribution in [3.05, 3.63) is 65.7 Å². The van der Waals surface area contributed by atoms with Gasteiger partial charge in [-0.3, -0.25) is 0 Å². The number of ether oxygens (including phenoxy) is 2. The summed E-state index contributed by atoms with van der Waals surface area (Å²) in [6, 6.07) is 18.5. The van der Waals surface area contributed by atoms with Crippen LogP contribution in [0.5, 0.6) is 5.75 Å². The van der Waals surface area contributed by atoms with Crippen LogP contribution in [0.4, 0.5) is 0 Å². The molecule has 0 bridgehead atoms. The van der Waals surface area contributed by atoms with E-state index in [1.165, 1.54) is 17.5 Å². The fraction of sp³-hybridized carbons (Fsp3) is 0.429. The molecule has 2 aromatic carbocycles. The molecule has 3 nitrogen and oxygen atoms in total. The lowest BCUT2D eigenvalue weighted by atomic mass is 10.2. The average molecular weight is 327 g/mol. The molecule has 0 amide bonds. The molecule has 0 aliphatic rings. The van der Waals surface area contributed by atoms with Crippen LogP contribution >= 0.6 is 0 Å². The van der Waals surface area contributed by atoms with Crippen molar-refractivity contribution in [2.75, 3.05) is 19.8 Å². The molecule has 0 aliphatic carbocycles. The third-order valence-electron chi connectivity index (χ3n) is 3.76. The predicted molar refractivity (Wildman–Crippen MR) is 99.3 cm³/mol. The molecule has 0 radical (unpaired) electrons. The first-order chi connectivity index (χ1) is 11.9. The molecule has 0 aromatic heterocycles. The van der Waals surface area contributed by atoms with E-state index in [-0.39, 0.29) is 0 Å². The van der Waals surface area contributed by atoms with Crippen LogP contribution in [-0.4, -0.2) is 19.8 Å². The minimum Gasteiger partial charge on any atom is -0.489 e. The maximum Gasteiger partial charge on any atom is 0.120 e. The predicted octanol–water partition coefficient (Wildman–Crippen LogP) is 4.56. The number of nitrogens with one attached hydrogen (secondary N) is 1. The van der Waals surface area contributed by atoms with Crippen molar-refractivity contribution < 1.29 is 9.47 Å². The molecule has 1 N–H and O–H groups in total. The summed E-state index contributed by atoms with van der Waals surface area (Å²) in [6.07, 6.45) is 3.40. The monoisotopic (exact) mass is 327 g/mol. The Hall–Kier alpha value is -1.84. The van der Waals surface area contributed by atoms with Gasteiger partial charge in [-0.15, -0.1) is 0 Å². The van der Waals surface area contributed by atoms with Crippen molar-refractivity contribution in [3.8, 4) is 5.75 Å². The van der Waals surface area contributed by atoms with Gasteiger partial charge >= 0.3 is 0 Å². The quantitative estimate of drug-likeness (QED) is 0.580. The zero-order chi connectivity index (χ0) is 16.9. The molecule has 0 saturated carbocycles. The summed E-state index contributed by atoms with van der Waals surface area (Å²) >= 11 is 0. The molecule has 2 aromatic rings. The maximum atomic E-state index is 5.87. The highest BCUT2D eigenvalue weighted by molar-refractivity contribution is 5.29. The van der Waals surface area contributed by atoms with E-state index in [4.69, 9.17) is 9.47 Å². The molecular formula is C21H29NO2. The van der Waals surface area contributed by atoms with E-state index >= 15 is 0 Å². The van der Waals surface area contributed by atoms with E-state index in [1.54, 1.807) is 0 Å². The van der Waals surface area contributed by atoms with Gasteiger partial charge in [-0.25, -0.2) is 0 Å². The van der Waals surface area contributed by atoms with E-state index in [0.29, 0.717) is 6.61 Å². The molecule has 0 spiro atoms. The zero-order valence-electron chi connectivity index (χ0n) is 14.7. The summed E-state index contributed by atoms with van der Waals surface area (Å²) in [6.45, 7) is 6.35. The van der Waals surface area contributed by atoms with Gasteiger partial charge in [-0.05, 0) is 42.6 Å². The minimum absolute atomic E-state index is 0.604. The number of rotatable bonds is 12. The van der Waals surface area contributed by atoms with Crippen molar-refractivity contribution in [3.63, 3.8) is 0 Å². The Balaban J connectivity index is 1.63. The van der Waals surface area contributed by atoms with Crippen molar-refractivity contribution in [2.45, 2.75) is 39.3 Å². The van der Waals surface area contributed by atoms with Gasteiger partial charge < -0.3 is 14.8 Å². The Bertz CT molecular complexity index is 557. The summed E-state index contributed by atoms with van der Waals surface area (Å²) in [5.74, 6) is 0.918. The van der Waals surface area contributed by atoms with Crippen molar-refractivity contribution >= 4 is 0 Å². The van der Waals surface area contributed by atoms with Crippen molar-refractivity contribution in [1.82, 2.24) is 5.32 Å². The smallest absolute Gasteiger partial charge is 0.120 e. The van der Waals surface area contributed by atoms with Gasteiger partial charge in [-0.2, -0.15) is 0 Å². The Morgan fingerprint density at radius 3 is 2.50 bits per heavy atom. The third kappa shape index (κ3) is 7.62. The van der Waals surface area contributed by atoms with Crippen LogP contribution in [0.1, 0.15) is 37.3 Å². The van der Waals surface area contributed by atoms with Crippen molar-refractivity contribution in [2.24, 2.45) is 0 Å². The van der Waals surface area contributed by atoms with Crippen LogP contribution in [-0.2, 0) is 17.9 Å². The molecule has 3 heteroatoms. The third-order valence-corrected chi connectivity index (χ3v) is 3.76. The highest BCUT2D eigenvalue weighted by atomic mass is 16.5. The highest BCUT2D eigenvalue weighted by Crippen LogP contribution is 2.15. The van der Waals surface area contributed by atoms with Gasteiger partial charge in [0.1, 0.15) is 12.4 Å². The summed E-state index contributed by atoms with van der Waals surface area (Å²) in [7, 11) is 0. The second-order valence-corrected chi connectivity index (χ2v) is 5.92. The molecule has 0 fully saturated rings. The van der Waals surface area contributed by atoms with E-state index < -0.39 is 0 Å². The van der Waals surface area contributed by atoms with E-state index in [0.717, 1.165) is 44.9 Å². The van der Waals surface area contributed by atoms with E-state index in [2.05, 4.69) is 36.5 Å². The first-order valence-electron chi connectivity index (χ1n) is 8.92. The first kappa shape index (κ1) is 18.5. The molecular weight excluding hydrogens is 298 g/mol.